The van der Waals surface area contributed by atoms with Gasteiger partial charge in [-0.2, -0.15) is 5.10 Å². The number of carbonyl (C=O) groups excluding carboxylic acids is 1. The van der Waals surface area contributed by atoms with Gasteiger partial charge in [0, 0.05) is 12.0 Å². The summed E-state index contributed by atoms with van der Waals surface area (Å²) in [5.74, 6) is 0.514. The molecule has 88 valence electrons. The summed E-state index contributed by atoms with van der Waals surface area (Å²) in [6.07, 6.45) is 1.26. The van der Waals surface area contributed by atoms with Crippen molar-refractivity contribution in [1.82, 2.24) is 5.16 Å². The molecular weight excluding hydrogens is 206 g/mol. The van der Waals surface area contributed by atoms with Crippen LogP contribution in [0, 0.1) is 6.92 Å². The standard InChI is InChI=1S/C11H17N3O2/c1-5-9-7(3)11(16-14-9)13-12-8(4)10(15)6-2/h13H,5-6H2,1-4H3/b12-8+. The van der Waals surface area contributed by atoms with Crippen LogP contribution in [0.5, 0.6) is 0 Å². The van der Waals surface area contributed by atoms with Crippen LogP contribution >= 0.6 is 0 Å². The van der Waals surface area contributed by atoms with E-state index >= 15 is 0 Å². The van der Waals surface area contributed by atoms with E-state index in [-0.39, 0.29) is 5.78 Å². The molecule has 1 aromatic heterocycles. The average molecular weight is 223 g/mol. The zero-order valence-electron chi connectivity index (χ0n) is 10.1. The molecule has 0 saturated heterocycles. The van der Waals surface area contributed by atoms with Gasteiger partial charge in [0.2, 0.25) is 5.88 Å². The van der Waals surface area contributed by atoms with Gasteiger partial charge in [-0.3, -0.25) is 4.79 Å². The van der Waals surface area contributed by atoms with Gasteiger partial charge in [-0.25, -0.2) is 5.43 Å². The number of aryl methyl sites for hydroxylation is 1. The van der Waals surface area contributed by atoms with Crippen molar-refractivity contribution in [1.29, 1.82) is 0 Å². The highest BCUT2D eigenvalue weighted by atomic mass is 16.5. The fourth-order valence-electron chi connectivity index (χ4n) is 1.26. The van der Waals surface area contributed by atoms with E-state index in [0.29, 0.717) is 18.0 Å². The number of ketones is 1. The molecule has 0 atom stereocenters. The number of hydrogen-bond donors (Lipinski definition) is 1. The summed E-state index contributed by atoms with van der Waals surface area (Å²) < 4.78 is 5.07. The van der Waals surface area contributed by atoms with Crippen LogP contribution in [-0.4, -0.2) is 16.7 Å². The van der Waals surface area contributed by atoms with Gasteiger partial charge >= 0.3 is 0 Å². The van der Waals surface area contributed by atoms with Crippen molar-refractivity contribution in [2.24, 2.45) is 5.10 Å². The maximum Gasteiger partial charge on any atom is 0.247 e. The van der Waals surface area contributed by atoms with E-state index < -0.39 is 0 Å². The summed E-state index contributed by atoms with van der Waals surface area (Å²) in [6.45, 7) is 7.38. The van der Waals surface area contributed by atoms with Crippen LogP contribution in [0.1, 0.15) is 38.4 Å². The summed E-state index contributed by atoms with van der Waals surface area (Å²) >= 11 is 0. The molecular formula is C11H17N3O2. The van der Waals surface area contributed by atoms with Crippen molar-refractivity contribution in [2.75, 3.05) is 5.43 Å². The molecule has 0 unspecified atom stereocenters. The molecule has 0 aliphatic rings. The van der Waals surface area contributed by atoms with E-state index in [1.54, 1.807) is 13.8 Å². The number of aromatic nitrogens is 1. The zero-order valence-corrected chi connectivity index (χ0v) is 10.1. The Balaban J connectivity index is 2.74. The summed E-state index contributed by atoms with van der Waals surface area (Å²) in [4.78, 5) is 11.3. The third kappa shape index (κ3) is 2.68. The molecule has 5 heteroatoms. The smallest absolute Gasteiger partial charge is 0.247 e. The van der Waals surface area contributed by atoms with Crippen LogP contribution in [0.3, 0.4) is 0 Å². The first-order valence-corrected chi connectivity index (χ1v) is 5.38. The number of nitrogens with zero attached hydrogens (tertiary/aromatic N) is 2. The first kappa shape index (κ1) is 12.4. The van der Waals surface area contributed by atoms with Crippen LogP contribution in [0.2, 0.25) is 0 Å². The van der Waals surface area contributed by atoms with Crippen molar-refractivity contribution in [3.63, 3.8) is 0 Å². The van der Waals surface area contributed by atoms with Gasteiger partial charge in [0.25, 0.3) is 0 Å². The third-order valence-electron chi connectivity index (χ3n) is 2.41. The normalized spacial score (nSPS) is 11.6. The number of nitrogens with one attached hydrogen (secondary N) is 1. The number of Topliss-reactive ketones (excluding diaryl/α,β-unsaturated/α-hetero) is 1. The number of carbonyl (C=O) groups is 1. The van der Waals surface area contributed by atoms with E-state index in [1.165, 1.54) is 0 Å². The molecule has 0 aliphatic heterocycles. The van der Waals surface area contributed by atoms with Crippen LogP contribution in [0.15, 0.2) is 9.62 Å². The molecule has 1 rings (SSSR count). The highest BCUT2D eigenvalue weighted by Gasteiger charge is 2.10. The Labute approximate surface area is 94.9 Å². The first-order chi connectivity index (χ1) is 7.60. The van der Waals surface area contributed by atoms with E-state index in [1.807, 2.05) is 13.8 Å². The Hall–Kier alpha value is -1.65. The second-order valence-electron chi connectivity index (χ2n) is 3.52. The number of rotatable bonds is 5. The Morgan fingerprint density at radius 3 is 2.69 bits per heavy atom. The number of hydrazone groups is 1. The van der Waals surface area contributed by atoms with Gasteiger partial charge in [-0.1, -0.05) is 19.0 Å². The van der Waals surface area contributed by atoms with E-state index in [2.05, 4.69) is 15.7 Å². The largest absolute Gasteiger partial charge is 0.336 e. The molecule has 5 nitrogen and oxygen atoms in total. The number of anilines is 1. The van der Waals surface area contributed by atoms with Crippen molar-refractivity contribution < 1.29 is 9.32 Å². The van der Waals surface area contributed by atoms with Crippen LogP contribution in [-0.2, 0) is 11.2 Å². The summed E-state index contributed by atoms with van der Waals surface area (Å²) in [5.41, 5.74) is 5.00. The molecule has 0 radical (unpaired) electrons. The van der Waals surface area contributed by atoms with E-state index in [0.717, 1.165) is 17.7 Å². The van der Waals surface area contributed by atoms with Crippen LogP contribution in [0.25, 0.3) is 0 Å². The Bertz CT molecular complexity index is 407. The quantitative estimate of drug-likeness (QED) is 0.614. The Morgan fingerprint density at radius 1 is 1.50 bits per heavy atom. The highest BCUT2D eigenvalue weighted by molar-refractivity contribution is 6.38. The lowest BCUT2D eigenvalue weighted by atomic mass is 10.2. The molecule has 1 aromatic rings. The molecule has 1 heterocycles. The maximum absolute atomic E-state index is 11.3. The third-order valence-corrected chi connectivity index (χ3v) is 2.41. The molecule has 0 aromatic carbocycles. The van der Waals surface area contributed by atoms with Gasteiger partial charge in [-0.05, 0) is 20.3 Å². The molecule has 0 amide bonds. The Kier molecular flexibility index (Phi) is 4.22. The van der Waals surface area contributed by atoms with Crippen molar-refractivity contribution in [3.8, 4) is 0 Å². The zero-order chi connectivity index (χ0) is 12.1. The van der Waals surface area contributed by atoms with Crippen molar-refractivity contribution in [3.05, 3.63) is 11.3 Å². The molecule has 0 saturated carbocycles. The fraction of sp³-hybridized carbons (Fsp3) is 0.545. The van der Waals surface area contributed by atoms with Gasteiger partial charge in [0.15, 0.2) is 5.78 Å². The first-order valence-electron chi connectivity index (χ1n) is 5.38. The molecule has 0 spiro atoms. The molecule has 0 bridgehead atoms. The molecule has 0 aliphatic carbocycles. The lowest BCUT2D eigenvalue weighted by molar-refractivity contribution is -0.112. The van der Waals surface area contributed by atoms with E-state index in [9.17, 15) is 4.79 Å². The molecule has 0 fully saturated rings. The highest BCUT2D eigenvalue weighted by Crippen LogP contribution is 2.18. The lowest BCUT2D eigenvalue weighted by Gasteiger charge is -1.98. The average Bonchev–Trinajstić information content (AvgIpc) is 2.65. The SMILES string of the molecule is CCC(=O)/C(C)=N/Nc1onc(CC)c1C. The van der Waals surface area contributed by atoms with Crippen LogP contribution < -0.4 is 5.43 Å². The summed E-state index contributed by atoms with van der Waals surface area (Å²) in [7, 11) is 0. The van der Waals surface area contributed by atoms with Gasteiger partial charge in [0.05, 0.1) is 5.69 Å². The molecule has 1 N–H and O–H groups in total. The minimum atomic E-state index is 0.0142. The predicted molar refractivity (Wildman–Crippen MR) is 62.6 cm³/mol. The second-order valence-corrected chi connectivity index (χ2v) is 3.52. The van der Waals surface area contributed by atoms with Gasteiger partial charge in [0.1, 0.15) is 5.71 Å². The Morgan fingerprint density at radius 2 is 2.19 bits per heavy atom. The summed E-state index contributed by atoms with van der Waals surface area (Å²) in [6, 6.07) is 0. The minimum absolute atomic E-state index is 0.0142. The van der Waals surface area contributed by atoms with Crippen LogP contribution in [0.4, 0.5) is 5.88 Å². The van der Waals surface area contributed by atoms with Crippen molar-refractivity contribution >= 4 is 17.4 Å². The van der Waals surface area contributed by atoms with Gasteiger partial charge < -0.3 is 4.52 Å². The monoisotopic (exact) mass is 223 g/mol. The lowest BCUT2D eigenvalue weighted by Crippen LogP contribution is -2.10. The van der Waals surface area contributed by atoms with Crippen molar-refractivity contribution in [2.45, 2.75) is 40.5 Å². The predicted octanol–water partition coefficient (Wildman–Crippen LogP) is 2.31. The minimum Gasteiger partial charge on any atom is -0.336 e. The molecule has 16 heavy (non-hydrogen) atoms. The topological polar surface area (TPSA) is 67.5 Å². The second kappa shape index (κ2) is 5.44. The maximum atomic E-state index is 11.3. The fourth-order valence-corrected chi connectivity index (χ4v) is 1.26. The summed E-state index contributed by atoms with van der Waals surface area (Å²) in [5, 5.41) is 7.84. The van der Waals surface area contributed by atoms with Gasteiger partial charge in [-0.15, -0.1) is 0 Å². The van der Waals surface area contributed by atoms with E-state index in [4.69, 9.17) is 4.52 Å². The number of hydrogen-bond acceptors (Lipinski definition) is 5.